The van der Waals surface area contributed by atoms with E-state index in [1.54, 1.807) is 0 Å². The Kier molecular flexibility index (Phi) is 5.79. The van der Waals surface area contributed by atoms with Crippen LogP contribution in [0.5, 0.6) is 0 Å². The summed E-state index contributed by atoms with van der Waals surface area (Å²) >= 11 is 0. The second-order valence-corrected chi connectivity index (χ2v) is 2.75. The zero-order valence-corrected chi connectivity index (χ0v) is 7.55. The van der Waals surface area contributed by atoms with Crippen molar-refractivity contribution in [3.05, 3.63) is 0 Å². The number of carbonyl (C=O) groups is 2. The molecule has 0 bridgehead atoms. The van der Waals surface area contributed by atoms with E-state index in [0.717, 1.165) is 0 Å². The third-order valence-electron chi connectivity index (χ3n) is 1.61. The van der Waals surface area contributed by atoms with Crippen molar-refractivity contribution in [1.82, 2.24) is 0 Å². The zero-order chi connectivity index (χ0) is 12.0. The van der Waals surface area contributed by atoms with Gasteiger partial charge in [-0.25, -0.2) is 4.79 Å². The molecule has 0 spiro atoms. The van der Waals surface area contributed by atoms with Crippen LogP contribution in [-0.4, -0.2) is 69.0 Å². The Morgan fingerprint density at radius 3 is 2.13 bits per heavy atom. The summed E-state index contributed by atoms with van der Waals surface area (Å²) in [5.41, 5.74) is 0. The number of carbonyl (C=O) groups excluding carboxylic acids is 1. The smallest absolute Gasteiger partial charge is 0.450 e. The standard InChI is InChI=1S/C7H12O8/c8-1-3(9)5(11)6(12)4(10)2-15-7(13)14/h1,3-6,9-12H,2H2,(H,13,14)/t3-,4+,5+,6-/m0/s1. The molecule has 0 aromatic heterocycles. The zero-order valence-electron chi connectivity index (χ0n) is 7.55. The minimum Gasteiger partial charge on any atom is -0.450 e. The van der Waals surface area contributed by atoms with Crippen molar-refractivity contribution in [1.29, 1.82) is 0 Å². The summed E-state index contributed by atoms with van der Waals surface area (Å²) < 4.78 is 3.91. The third-order valence-corrected chi connectivity index (χ3v) is 1.61. The lowest BCUT2D eigenvalue weighted by molar-refractivity contribution is -0.137. The molecule has 8 heteroatoms. The molecule has 0 heterocycles. The maximum Gasteiger partial charge on any atom is 0.505 e. The molecule has 0 aromatic carbocycles. The molecule has 88 valence electrons. The summed E-state index contributed by atoms with van der Waals surface area (Å²) in [5.74, 6) is 0. The molecule has 15 heavy (non-hydrogen) atoms. The molecule has 8 nitrogen and oxygen atoms in total. The van der Waals surface area contributed by atoms with Crippen LogP contribution < -0.4 is 0 Å². The number of aliphatic hydroxyl groups is 4. The molecule has 0 rings (SSSR count). The summed E-state index contributed by atoms with van der Waals surface area (Å²) in [6.45, 7) is -0.779. The fourth-order valence-electron chi connectivity index (χ4n) is 0.765. The van der Waals surface area contributed by atoms with Gasteiger partial charge in [0.05, 0.1) is 0 Å². The van der Waals surface area contributed by atoms with Gasteiger partial charge >= 0.3 is 6.16 Å². The summed E-state index contributed by atoms with van der Waals surface area (Å²) in [4.78, 5) is 19.9. The van der Waals surface area contributed by atoms with E-state index < -0.39 is 37.2 Å². The molecule has 0 aliphatic rings. The highest BCUT2D eigenvalue weighted by molar-refractivity contribution is 5.57. The lowest BCUT2D eigenvalue weighted by Gasteiger charge is -2.23. The van der Waals surface area contributed by atoms with Crippen LogP contribution in [0.2, 0.25) is 0 Å². The minimum atomic E-state index is -1.91. The van der Waals surface area contributed by atoms with Crippen molar-refractivity contribution in [3.63, 3.8) is 0 Å². The number of hydrogen-bond donors (Lipinski definition) is 5. The largest absolute Gasteiger partial charge is 0.505 e. The molecule has 0 saturated heterocycles. The van der Waals surface area contributed by atoms with Crippen molar-refractivity contribution in [3.8, 4) is 0 Å². The van der Waals surface area contributed by atoms with E-state index in [2.05, 4.69) is 4.74 Å². The van der Waals surface area contributed by atoms with E-state index in [4.69, 9.17) is 25.5 Å². The Labute approximate surface area is 84.3 Å². The predicted molar refractivity (Wildman–Crippen MR) is 44.1 cm³/mol. The number of aliphatic hydroxyl groups excluding tert-OH is 4. The Balaban J connectivity index is 4.11. The first-order valence-corrected chi connectivity index (χ1v) is 3.93. The monoisotopic (exact) mass is 224 g/mol. The number of aldehydes is 1. The Morgan fingerprint density at radius 2 is 1.73 bits per heavy atom. The van der Waals surface area contributed by atoms with E-state index >= 15 is 0 Å². The van der Waals surface area contributed by atoms with Gasteiger partial charge in [0.25, 0.3) is 0 Å². The Morgan fingerprint density at radius 1 is 1.20 bits per heavy atom. The first-order valence-electron chi connectivity index (χ1n) is 3.93. The Bertz CT molecular complexity index is 217. The highest BCUT2D eigenvalue weighted by Gasteiger charge is 2.30. The molecule has 5 N–H and O–H groups in total. The average molecular weight is 224 g/mol. The molecule has 0 aromatic rings. The maximum absolute atomic E-state index is 10.0. The molecule has 0 amide bonds. The first-order chi connectivity index (χ1) is 6.90. The van der Waals surface area contributed by atoms with Crippen LogP contribution in [0.15, 0.2) is 0 Å². The second kappa shape index (κ2) is 6.30. The molecular formula is C7H12O8. The molecule has 0 aliphatic heterocycles. The van der Waals surface area contributed by atoms with Gasteiger partial charge in [-0.15, -0.1) is 0 Å². The SMILES string of the molecule is O=C[C@H](O)[C@@H](O)[C@@H](O)[C@H](O)COC(=O)O. The van der Waals surface area contributed by atoms with Crippen molar-refractivity contribution >= 4 is 12.4 Å². The molecule has 0 unspecified atom stereocenters. The minimum absolute atomic E-state index is 0.0291. The molecule has 4 atom stereocenters. The topological polar surface area (TPSA) is 145 Å². The van der Waals surface area contributed by atoms with Gasteiger partial charge in [-0.2, -0.15) is 0 Å². The van der Waals surface area contributed by atoms with Crippen molar-refractivity contribution in [2.24, 2.45) is 0 Å². The van der Waals surface area contributed by atoms with Gasteiger partial charge in [0, 0.05) is 0 Å². The Hall–Kier alpha value is -1.22. The van der Waals surface area contributed by atoms with Gasteiger partial charge in [-0.1, -0.05) is 0 Å². The normalized spacial score (nSPS) is 18.7. The van der Waals surface area contributed by atoms with Crippen molar-refractivity contribution < 1.29 is 39.9 Å². The van der Waals surface area contributed by atoms with Gasteiger partial charge in [0.2, 0.25) is 0 Å². The van der Waals surface area contributed by atoms with E-state index in [-0.39, 0.29) is 6.29 Å². The molecular weight excluding hydrogens is 212 g/mol. The number of hydrogen-bond acceptors (Lipinski definition) is 7. The van der Waals surface area contributed by atoms with Crippen molar-refractivity contribution in [2.45, 2.75) is 24.4 Å². The van der Waals surface area contributed by atoms with Crippen LogP contribution in [0.1, 0.15) is 0 Å². The van der Waals surface area contributed by atoms with E-state index in [1.165, 1.54) is 0 Å². The third kappa shape index (κ3) is 4.70. The van der Waals surface area contributed by atoms with Crippen LogP contribution in [0.3, 0.4) is 0 Å². The van der Waals surface area contributed by atoms with Gasteiger partial charge in [-0.05, 0) is 0 Å². The summed E-state index contributed by atoms with van der Waals surface area (Å²) in [6, 6.07) is 0. The van der Waals surface area contributed by atoms with Crippen LogP contribution in [-0.2, 0) is 9.53 Å². The van der Waals surface area contributed by atoms with Gasteiger partial charge < -0.3 is 35.1 Å². The average Bonchev–Trinajstić information content (AvgIpc) is 2.22. The van der Waals surface area contributed by atoms with E-state index in [0.29, 0.717) is 0 Å². The van der Waals surface area contributed by atoms with E-state index in [9.17, 15) is 9.59 Å². The quantitative estimate of drug-likeness (QED) is 0.242. The van der Waals surface area contributed by atoms with Crippen LogP contribution in [0, 0.1) is 0 Å². The van der Waals surface area contributed by atoms with Crippen LogP contribution in [0.4, 0.5) is 4.79 Å². The molecule has 0 saturated carbocycles. The van der Waals surface area contributed by atoms with Crippen molar-refractivity contribution in [2.75, 3.05) is 6.61 Å². The van der Waals surface area contributed by atoms with Gasteiger partial charge in [0.15, 0.2) is 6.29 Å². The van der Waals surface area contributed by atoms with Crippen LogP contribution >= 0.6 is 0 Å². The highest BCUT2D eigenvalue weighted by atomic mass is 16.7. The second-order valence-electron chi connectivity index (χ2n) is 2.75. The van der Waals surface area contributed by atoms with Gasteiger partial charge in [-0.3, -0.25) is 0 Å². The van der Waals surface area contributed by atoms with E-state index in [1.807, 2.05) is 0 Å². The fraction of sp³-hybridized carbons (Fsp3) is 0.714. The summed E-state index contributed by atoms with van der Waals surface area (Å²) in [7, 11) is 0. The number of ether oxygens (including phenoxy) is 1. The first kappa shape index (κ1) is 13.8. The lowest BCUT2D eigenvalue weighted by atomic mass is 10.0. The number of carboxylic acid groups (broad SMARTS) is 1. The molecule has 0 radical (unpaired) electrons. The predicted octanol–water partition coefficient (Wildman–Crippen LogP) is -2.68. The van der Waals surface area contributed by atoms with Gasteiger partial charge in [0.1, 0.15) is 31.0 Å². The maximum atomic E-state index is 10.0. The van der Waals surface area contributed by atoms with Crippen LogP contribution in [0.25, 0.3) is 0 Å². The number of rotatable bonds is 6. The summed E-state index contributed by atoms with van der Waals surface area (Å²) in [6.07, 6.45) is -9.07. The lowest BCUT2D eigenvalue weighted by Crippen LogP contribution is -2.46. The summed E-state index contributed by atoms with van der Waals surface area (Å²) in [5, 5.41) is 44.0. The molecule has 0 fully saturated rings. The highest BCUT2D eigenvalue weighted by Crippen LogP contribution is 2.04. The molecule has 0 aliphatic carbocycles. The fourth-order valence-corrected chi connectivity index (χ4v) is 0.765.